The molecule has 0 aliphatic carbocycles. The first-order valence-electron chi connectivity index (χ1n) is 7.18. The fraction of sp³-hybridized carbons (Fsp3) is 0. The molecule has 120 valence electrons. The average Bonchev–Trinajstić information content (AvgIpc) is 2.57. The number of halogens is 1. The summed E-state index contributed by atoms with van der Waals surface area (Å²) in [6.07, 6.45) is 1.54. The molecule has 0 saturated carbocycles. The third kappa shape index (κ3) is 3.37. The van der Waals surface area contributed by atoms with Gasteiger partial charge in [-0.15, -0.1) is 12.6 Å². The summed E-state index contributed by atoms with van der Waals surface area (Å²) in [6.45, 7) is 0. The minimum absolute atomic E-state index is 0.125. The number of benzene rings is 2. The van der Waals surface area contributed by atoms with Crippen molar-refractivity contribution in [2.75, 3.05) is 5.32 Å². The van der Waals surface area contributed by atoms with E-state index in [1.54, 1.807) is 36.4 Å². The second-order valence-electron chi connectivity index (χ2n) is 5.12. The zero-order chi connectivity index (χ0) is 17.1. The fourth-order valence-corrected chi connectivity index (χ4v) is 2.64. The maximum Gasteiger partial charge on any atom is 0.259 e. The van der Waals surface area contributed by atoms with Crippen molar-refractivity contribution in [3.05, 3.63) is 87.3 Å². The van der Waals surface area contributed by atoms with Gasteiger partial charge in [0, 0.05) is 16.7 Å². The van der Waals surface area contributed by atoms with E-state index in [4.69, 9.17) is 17.0 Å². The summed E-state index contributed by atoms with van der Waals surface area (Å²) >= 11 is 10.4. The zero-order valence-corrected chi connectivity index (χ0v) is 14.2. The van der Waals surface area contributed by atoms with E-state index in [-0.39, 0.29) is 16.8 Å². The summed E-state index contributed by atoms with van der Waals surface area (Å²) in [5.74, 6) is 0. The molecule has 0 aliphatic heterocycles. The van der Waals surface area contributed by atoms with Crippen LogP contribution in [0.15, 0.2) is 70.5 Å². The molecule has 24 heavy (non-hydrogen) atoms. The van der Waals surface area contributed by atoms with Crippen molar-refractivity contribution in [2.45, 2.75) is 4.90 Å². The Morgan fingerprint density at radius 2 is 1.75 bits per heavy atom. The van der Waals surface area contributed by atoms with Crippen molar-refractivity contribution in [3.8, 4) is 0 Å². The van der Waals surface area contributed by atoms with Gasteiger partial charge in [0.05, 0.1) is 27.7 Å². The molecule has 3 rings (SSSR count). The number of H-pyrrole nitrogens is 1. The van der Waals surface area contributed by atoms with Gasteiger partial charge in [-0.1, -0.05) is 35.9 Å². The fourth-order valence-electron chi connectivity index (χ4n) is 2.31. The molecule has 3 N–H and O–H groups in total. The molecule has 0 saturated heterocycles. The van der Waals surface area contributed by atoms with E-state index in [9.17, 15) is 4.79 Å². The molecule has 0 bridgehead atoms. The van der Waals surface area contributed by atoms with E-state index < -0.39 is 0 Å². The first-order valence-corrected chi connectivity index (χ1v) is 8.00. The highest BCUT2D eigenvalue weighted by molar-refractivity contribution is 7.80. The van der Waals surface area contributed by atoms with Gasteiger partial charge < -0.3 is 10.3 Å². The molecule has 0 spiro atoms. The van der Waals surface area contributed by atoms with Gasteiger partial charge in [-0.2, -0.15) is 0 Å². The number of thiol groups is 1. The van der Waals surface area contributed by atoms with Crippen LogP contribution < -0.4 is 10.9 Å². The molecule has 0 amide bonds. The quantitative estimate of drug-likeness (QED) is 0.412. The summed E-state index contributed by atoms with van der Waals surface area (Å²) in [5, 5.41) is 12.1. The molecule has 0 atom stereocenters. The summed E-state index contributed by atoms with van der Waals surface area (Å²) in [4.78, 5) is 15.7. The van der Waals surface area contributed by atoms with Crippen LogP contribution in [0.5, 0.6) is 0 Å². The van der Waals surface area contributed by atoms with Crippen LogP contribution in [0.25, 0.3) is 0 Å². The number of para-hydroxylation sites is 1. The number of aromatic amines is 1. The lowest BCUT2D eigenvalue weighted by Crippen LogP contribution is -2.20. The molecular weight excluding hydrogens is 342 g/mol. The molecule has 2 aromatic carbocycles. The maximum absolute atomic E-state index is 12.3. The topological polar surface area (TPSA) is 68.7 Å². The number of nitrogens with one attached hydrogen (secondary N) is 3. The summed E-state index contributed by atoms with van der Waals surface area (Å²) < 4.78 is 0. The Hall–Kier alpha value is -2.50. The Morgan fingerprint density at radius 3 is 2.46 bits per heavy atom. The van der Waals surface area contributed by atoms with Crippen molar-refractivity contribution in [2.24, 2.45) is 0 Å². The highest BCUT2D eigenvalue weighted by Gasteiger charge is 2.15. The number of pyridine rings is 1. The summed E-state index contributed by atoms with van der Waals surface area (Å²) in [6, 6.07) is 16.0. The van der Waals surface area contributed by atoms with Crippen LogP contribution >= 0.6 is 24.2 Å². The predicted octanol–water partition coefficient (Wildman–Crippen LogP) is 4.48. The average molecular weight is 356 g/mol. The third-order valence-electron chi connectivity index (χ3n) is 3.51. The van der Waals surface area contributed by atoms with Gasteiger partial charge in [0.25, 0.3) is 5.56 Å². The van der Waals surface area contributed by atoms with E-state index in [2.05, 4.69) is 22.9 Å². The van der Waals surface area contributed by atoms with Crippen LogP contribution in [-0.4, -0.2) is 10.7 Å². The Balaban J connectivity index is 2.05. The van der Waals surface area contributed by atoms with Crippen LogP contribution in [0.4, 0.5) is 11.4 Å². The van der Waals surface area contributed by atoms with Gasteiger partial charge >= 0.3 is 0 Å². The van der Waals surface area contributed by atoms with Gasteiger partial charge in [-0.05, 0) is 30.3 Å². The Bertz CT molecular complexity index is 951. The molecule has 4 nitrogen and oxygen atoms in total. The van der Waals surface area contributed by atoms with E-state index >= 15 is 0 Å². The summed E-state index contributed by atoms with van der Waals surface area (Å²) in [7, 11) is 0. The molecule has 0 radical (unpaired) electrons. The van der Waals surface area contributed by atoms with Crippen molar-refractivity contribution in [3.63, 3.8) is 0 Å². The normalized spacial score (nSPS) is 10.4. The molecule has 1 aromatic heterocycles. The highest BCUT2D eigenvalue weighted by Crippen LogP contribution is 2.26. The second kappa shape index (κ2) is 6.95. The minimum Gasteiger partial charge on any atom is -0.354 e. The lowest BCUT2D eigenvalue weighted by Gasteiger charge is -2.13. The highest BCUT2D eigenvalue weighted by atomic mass is 35.5. The smallest absolute Gasteiger partial charge is 0.259 e. The first kappa shape index (κ1) is 16.4. The lowest BCUT2D eigenvalue weighted by molar-refractivity contribution is 1.22. The number of aromatic nitrogens is 1. The largest absolute Gasteiger partial charge is 0.354 e. The summed E-state index contributed by atoms with van der Waals surface area (Å²) in [5.41, 5.74) is 1.86. The standard InChI is InChI=1S/C18H14ClN3OS/c19-13-3-1-2-4-14(13)22-15-9-10-21-18(23)16(15)17(20)11-5-7-12(24)8-6-11/h1-10,20,24H,(H2,21,22,23). The van der Waals surface area contributed by atoms with Crippen molar-refractivity contribution in [1.29, 1.82) is 5.41 Å². The molecule has 1 heterocycles. The van der Waals surface area contributed by atoms with E-state index in [0.717, 1.165) is 4.90 Å². The van der Waals surface area contributed by atoms with Gasteiger partial charge in [0.2, 0.25) is 0 Å². The van der Waals surface area contributed by atoms with Crippen molar-refractivity contribution >= 4 is 41.3 Å². The number of hydrogen-bond acceptors (Lipinski definition) is 4. The SMILES string of the molecule is N=C(c1ccc(S)cc1)c1c(Nc2ccccc2Cl)cc[nH]c1=O. The Kier molecular flexibility index (Phi) is 4.74. The number of hydrogen-bond donors (Lipinski definition) is 4. The van der Waals surface area contributed by atoms with Crippen LogP contribution in [-0.2, 0) is 0 Å². The predicted molar refractivity (Wildman–Crippen MR) is 101 cm³/mol. The van der Waals surface area contributed by atoms with Crippen molar-refractivity contribution < 1.29 is 0 Å². The maximum atomic E-state index is 12.3. The lowest BCUT2D eigenvalue weighted by atomic mass is 10.0. The van der Waals surface area contributed by atoms with Crippen LogP contribution in [0.1, 0.15) is 11.1 Å². The molecule has 0 fully saturated rings. The zero-order valence-electron chi connectivity index (χ0n) is 12.5. The Labute approximate surface area is 149 Å². The third-order valence-corrected chi connectivity index (χ3v) is 4.14. The number of rotatable bonds is 4. The van der Waals surface area contributed by atoms with E-state index in [0.29, 0.717) is 22.0 Å². The van der Waals surface area contributed by atoms with Gasteiger partial charge in [-0.3, -0.25) is 10.2 Å². The second-order valence-corrected chi connectivity index (χ2v) is 6.05. The molecule has 0 unspecified atom stereocenters. The number of anilines is 2. The van der Waals surface area contributed by atoms with Gasteiger partial charge in [0.1, 0.15) is 0 Å². The van der Waals surface area contributed by atoms with Crippen molar-refractivity contribution in [1.82, 2.24) is 4.98 Å². The minimum atomic E-state index is -0.341. The van der Waals surface area contributed by atoms with Gasteiger partial charge in [-0.25, -0.2) is 0 Å². The van der Waals surface area contributed by atoms with E-state index in [1.165, 1.54) is 6.20 Å². The molecular formula is C18H14ClN3OS. The Morgan fingerprint density at radius 1 is 1.04 bits per heavy atom. The van der Waals surface area contributed by atoms with Crippen LogP contribution in [0.2, 0.25) is 5.02 Å². The molecule has 3 aromatic rings. The van der Waals surface area contributed by atoms with Crippen LogP contribution in [0, 0.1) is 5.41 Å². The molecule has 0 aliphatic rings. The van der Waals surface area contributed by atoms with Gasteiger partial charge in [0.15, 0.2) is 0 Å². The van der Waals surface area contributed by atoms with E-state index in [1.807, 2.05) is 18.2 Å². The van der Waals surface area contributed by atoms with Crippen LogP contribution in [0.3, 0.4) is 0 Å². The molecule has 6 heteroatoms. The first-order chi connectivity index (χ1) is 11.6. The monoisotopic (exact) mass is 355 g/mol.